The van der Waals surface area contributed by atoms with Gasteiger partial charge < -0.3 is 4.74 Å². The Hall–Kier alpha value is -1.31. The Labute approximate surface area is 83.9 Å². The Morgan fingerprint density at radius 3 is 3.07 bits per heavy atom. The van der Waals surface area contributed by atoms with Gasteiger partial charge in [0.1, 0.15) is 11.9 Å². The van der Waals surface area contributed by atoms with Gasteiger partial charge >= 0.3 is 0 Å². The summed E-state index contributed by atoms with van der Waals surface area (Å²) in [7, 11) is 0. The zero-order valence-electron chi connectivity index (χ0n) is 8.54. The summed E-state index contributed by atoms with van der Waals surface area (Å²) in [4.78, 5) is 11.5. The van der Waals surface area contributed by atoms with Gasteiger partial charge in [-0.1, -0.05) is 6.92 Å². The van der Waals surface area contributed by atoms with Gasteiger partial charge in [-0.3, -0.25) is 4.79 Å². The van der Waals surface area contributed by atoms with Crippen LogP contribution in [0.4, 0.5) is 0 Å². The van der Waals surface area contributed by atoms with Gasteiger partial charge in [-0.15, -0.1) is 0 Å². The van der Waals surface area contributed by atoms with Crippen LogP contribution in [0.3, 0.4) is 0 Å². The van der Waals surface area contributed by atoms with Crippen molar-refractivity contribution >= 4 is 5.78 Å². The first-order chi connectivity index (χ1) is 6.70. The van der Waals surface area contributed by atoms with Crippen molar-refractivity contribution in [1.29, 1.82) is 0 Å². The fourth-order valence-electron chi connectivity index (χ4n) is 1.80. The van der Waals surface area contributed by atoms with Gasteiger partial charge in [0.25, 0.3) is 0 Å². The largest absolute Gasteiger partial charge is 0.490 e. The van der Waals surface area contributed by atoms with Crippen LogP contribution in [0, 0.1) is 0 Å². The van der Waals surface area contributed by atoms with Crippen molar-refractivity contribution in [3.05, 3.63) is 29.3 Å². The highest BCUT2D eigenvalue weighted by molar-refractivity contribution is 5.96. The molecule has 0 aliphatic carbocycles. The van der Waals surface area contributed by atoms with Crippen LogP contribution in [0.15, 0.2) is 18.2 Å². The van der Waals surface area contributed by atoms with E-state index in [1.165, 1.54) is 0 Å². The van der Waals surface area contributed by atoms with E-state index in [2.05, 4.69) is 0 Å². The fraction of sp³-hybridized carbons (Fsp3) is 0.417. The zero-order chi connectivity index (χ0) is 10.1. The second kappa shape index (κ2) is 3.45. The summed E-state index contributed by atoms with van der Waals surface area (Å²) in [6.07, 6.45) is 1.73. The summed E-state index contributed by atoms with van der Waals surface area (Å²) >= 11 is 0. The average Bonchev–Trinajstić information content (AvgIpc) is 2.55. The Morgan fingerprint density at radius 2 is 2.36 bits per heavy atom. The molecule has 2 heteroatoms. The summed E-state index contributed by atoms with van der Waals surface area (Å²) in [6.45, 7) is 3.93. The molecule has 2 rings (SSSR count). The first kappa shape index (κ1) is 9.25. The molecule has 74 valence electrons. The number of fused-ring (bicyclic) bond motifs is 1. The van der Waals surface area contributed by atoms with Crippen molar-refractivity contribution in [1.82, 2.24) is 0 Å². The van der Waals surface area contributed by atoms with Crippen LogP contribution < -0.4 is 4.74 Å². The Kier molecular flexibility index (Phi) is 2.28. The van der Waals surface area contributed by atoms with Crippen LogP contribution >= 0.6 is 0 Å². The van der Waals surface area contributed by atoms with Gasteiger partial charge in [-0.25, -0.2) is 0 Å². The molecular formula is C12H14O2. The summed E-state index contributed by atoms with van der Waals surface area (Å²) in [5.41, 5.74) is 1.97. The maximum Gasteiger partial charge on any atom is 0.162 e. The minimum atomic E-state index is 0.201. The number of benzene rings is 1. The third kappa shape index (κ3) is 1.52. The number of ketones is 1. The summed E-state index contributed by atoms with van der Waals surface area (Å²) < 4.78 is 5.56. The van der Waals surface area contributed by atoms with Crippen LogP contribution in [0.25, 0.3) is 0 Å². The molecule has 0 N–H and O–H groups in total. The van der Waals surface area contributed by atoms with Gasteiger partial charge in [-0.2, -0.15) is 0 Å². The van der Waals surface area contributed by atoms with E-state index >= 15 is 0 Å². The highest BCUT2D eigenvalue weighted by Crippen LogP contribution is 2.29. The number of hydrogen-bond donors (Lipinski definition) is 0. The monoisotopic (exact) mass is 190 g/mol. The standard InChI is InChI=1S/C12H14O2/c1-3-11(13)9-4-5-12-10(7-9)6-8(2)14-12/h4-5,7-8H,3,6H2,1-2H3. The van der Waals surface area contributed by atoms with Gasteiger partial charge in [0, 0.05) is 18.4 Å². The molecule has 1 aromatic rings. The Balaban J connectivity index is 2.33. The van der Waals surface area contributed by atoms with Gasteiger partial charge in [-0.05, 0) is 30.7 Å². The van der Waals surface area contributed by atoms with Crippen molar-refractivity contribution in [3.63, 3.8) is 0 Å². The summed E-state index contributed by atoms with van der Waals surface area (Å²) in [6, 6.07) is 5.72. The summed E-state index contributed by atoms with van der Waals surface area (Å²) in [5.74, 6) is 1.14. The summed E-state index contributed by atoms with van der Waals surface area (Å²) in [5, 5.41) is 0. The van der Waals surface area contributed by atoms with Crippen LogP contribution in [0.5, 0.6) is 5.75 Å². The Morgan fingerprint density at radius 1 is 1.57 bits per heavy atom. The molecule has 14 heavy (non-hydrogen) atoms. The molecular weight excluding hydrogens is 176 g/mol. The number of carbonyl (C=O) groups is 1. The smallest absolute Gasteiger partial charge is 0.162 e. The zero-order valence-corrected chi connectivity index (χ0v) is 8.54. The van der Waals surface area contributed by atoms with Crippen LogP contribution in [-0.4, -0.2) is 11.9 Å². The fourth-order valence-corrected chi connectivity index (χ4v) is 1.80. The molecule has 0 aromatic heterocycles. The maximum absolute atomic E-state index is 11.5. The lowest BCUT2D eigenvalue weighted by Gasteiger charge is -2.02. The van der Waals surface area contributed by atoms with E-state index in [-0.39, 0.29) is 11.9 Å². The molecule has 0 saturated heterocycles. The topological polar surface area (TPSA) is 26.3 Å². The first-order valence-electron chi connectivity index (χ1n) is 5.03. The SMILES string of the molecule is CCC(=O)c1ccc2c(c1)CC(C)O2. The second-order valence-corrected chi connectivity index (χ2v) is 3.73. The number of ether oxygens (including phenoxy) is 1. The van der Waals surface area contributed by atoms with E-state index in [0.717, 1.165) is 23.3 Å². The minimum absolute atomic E-state index is 0.201. The van der Waals surface area contributed by atoms with Crippen LogP contribution in [0.2, 0.25) is 0 Å². The molecule has 1 aliphatic heterocycles. The molecule has 1 atom stereocenters. The molecule has 1 aliphatic rings. The highest BCUT2D eigenvalue weighted by Gasteiger charge is 2.19. The highest BCUT2D eigenvalue weighted by atomic mass is 16.5. The minimum Gasteiger partial charge on any atom is -0.490 e. The molecule has 0 saturated carbocycles. The molecule has 2 nitrogen and oxygen atoms in total. The number of hydrogen-bond acceptors (Lipinski definition) is 2. The lowest BCUT2D eigenvalue weighted by atomic mass is 10.0. The molecule has 1 aromatic carbocycles. The third-order valence-electron chi connectivity index (χ3n) is 2.54. The van der Waals surface area contributed by atoms with E-state index in [0.29, 0.717) is 6.42 Å². The van der Waals surface area contributed by atoms with Crippen molar-refractivity contribution in [2.24, 2.45) is 0 Å². The number of rotatable bonds is 2. The predicted octanol–water partition coefficient (Wildman–Crippen LogP) is 2.60. The predicted molar refractivity (Wildman–Crippen MR) is 54.9 cm³/mol. The van der Waals surface area contributed by atoms with Gasteiger partial charge in [0.05, 0.1) is 0 Å². The third-order valence-corrected chi connectivity index (χ3v) is 2.54. The van der Waals surface area contributed by atoms with E-state index in [4.69, 9.17) is 4.74 Å². The molecule has 0 radical (unpaired) electrons. The first-order valence-corrected chi connectivity index (χ1v) is 5.03. The molecule has 0 amide bonds. The van der Waals surface area contributed by atoms with E-state index < -0.39 is 0 Å². The maximum atomic E-state index is 11.5. The van der Waals surface area contributed by atoms with Crippen LogP contribution in [-0.2, 0) is 6.42 Å². The van der Waals surface area contributed by atoms with Crippen molar-refractivity contribution in [3.8, 4) is 5.75 Å². The molecule has 0 bridgehead atoms. The lowest BCUT2D eigenvalue weighted by molar-refractivity contribution is 0.0988. The van der Waals surface area contributed by atoms with E-state index in [1.807, 2.05) is 32.0 Å². The van der Waals surface area contributed by atoms with Crippen molar-refractivity contribution in [2.45, 2.75) is 32.8 Å². The van der Waals surface area contributed by atoms with Gasteiger partial charge in [0.2, 0.25) is 0 Å². The normalized spacial score (nSPS) is 18.9. The van der Waals surface area contributed by atoms with Crippen molar-refractivity contribution < 1.29 is 9.53 Å². The van der Waals surface area contributed by atoms with Gasteiger partial charge in [0.15, 0.2) is 5.78 Å². The van der Waals surface area contributed by atoms with Crippen LogP contribution in [0.1, 0.15) is 36.2 Å². The van der Waals surface area contributed by atoms with E-state index in [1.54, 1.807) is 0 Å². The average molecular weight is 190 g/mol. The number of carbonyl (C=O) groups excluding carboxylic acids is 1. The molecule has 0 fully saturated rings. The molecule has 0 spiro atoms. The molecule has 1 unspecified atom stereocenters. The lowest BCUT2D eigenvalue weighted by Crippen LogP contribution is -2.05. The molecule has 1 heterocycles. The number of Topliss-reactive ketones (excluding diaryl/α,β-unsaturated/α-hetero) is 1. The van der Waals surface area contributed by atoms with Crippen molar-refractivity contribution in [2.75, 3.05) is 0 Å². The second-order valence-electron chi connectivity index (χ2n) is 3.73. The van der Waals surface area contributed by atoms with E-state index in [9.17, 15) is 4.79 Å². The Bertz CT molecular complexity index is 369. The quantitative estimate of drug-likeness (QED) is 0.670.